The number of halogens is 1. The summed E-state index contributed by atoms with van der Waals surface area (Å²) in [6.07, 6.45) is 0.530. The maximum Gasteiger partial charge on any atom is 0.139 e. The van der Waals surface area contributed by atoms with Crippen molar-refractivity contribution in [3.8, 4) is 16.9 Å². The van der Waals surface area contributed by atoms with Crippen LogP contribution in [0.25, 0.3) is 21.3 Å². The molecule has 0 aliphatic heterocycles. The van der Waals surface area contributed by atoms with Crippen molar-refractivity contribution >= 4 is 39.0 Å². The molecule has 2 unspecified atom stereocenters. The molecule has 0 aliphatic carbocycles. The number of rotatable bonds is 7. The molecule has 6 nitrogen and oxygen atoms in total. The van der Waals surface area contributed by atoms with Crippen molar-refractivity contribution in [1.29, 1.82) is 0 Å². The third-order valence-corrected chi connectivity index (χ3v) is 6.02. The van der Waals surface area contributed by atoms with E-state index in [1.54, 1.807) is 31.4 Å². The van der Waals surface area contributed by atoms with Gasteiger partial charge in [-0.15, -0.1) is 11.3 Å². The van der Waals surface area contributed by atoms with Gasteiger partial charge in [-0.1, -0.05) is 35.9 Å². The van der Waals surface area contributed by atoms with E-state index < -0.39 is 12.1 Å². The molecular formula is C22H20ClN3O3S. The fraction of sp³-hybridized carbons (Fsp3) is 0.182. The summed E-state index contributed by atoms with van der Waals surface area (Å²) in [5, 5.41) is 27.4. The molecule has 2 aromatic heterocycles. The lowest BCUT2D eigenvalue weighted by atomic mass is 10.0. The lowest BCUT2D eigenvalue weighted by Gasteiger charge is -2.23. The molecule has 2 aromatic carbocycles. The van der Waals surface area contributed by atoms with E-state index in [0.29, 0.717) is 16.4 Å². The molecule has 4 rings (SSSR count). The first-order valence-corrected chi connectivity index (χ1v) is 10.5. The smallest absolute Gasteiger partial charge is 0.139 e. The zero-order valence-electron chi connectivity index (χ0n) is 16.1. The Labute approximate surface area is 182 Å². The van der Waals surface area contributed by atoms with Crippen LogP contribution in [-0.4, -0.2) is 39.9 Å². The van der Waals surface area contributed by atoms with Crippen LogP contribution in [0.2, 0.25) is 5.02 Å². The molecule has 0 saturated carbocycles. The van der Waals surface area contributed by atoms with E-state index in [9.17, 15) is 10.2 Å². The molecule has 0 saturated heterocycles. The Hall–Kier alpha value is -2.71. The summed E-state index contributed by atoms with van der Waals surface area (Å²) < 4.78 is 5.24. The van der Waals surface area contributed by atoms with E-state index in [-0.39, 0.29) is 6.61 Å². The summed E-state index contributed by atoms with van der Waals surface area (Å²) in [6.45, 7) is -0.280. The minimum absolute atomic E-state index is 0.280. The number of nitrogens with zero attached hydrogens (tertiary/aromatic N) is 2. The van der Waals surface area contributed by atoms with Crippen LogP contribution < -0.4 is 10.1 Å². The van der Waals surface area contributed by atoms with Crippen molar-refractivity contribution in [2.75, 3.05) is 19.0 Å². The van der Waals surface area contributed by atoms with Crippen LogP contribution in [0, 0.1) is 0 Å². The summed E-state index contributed by atoms with van der Waals surface area (Å²) in [6, 6.07) is 14.0. The number of thiophene rings is 1. The van der Waals surface area contributed by atoms with Gasteiger partial charge < -0.3 is 20.3 Å². The number of aromatic nitrogens is 2. The van der Waals surface area contributed by atoms with E-state index in [0.717, 1.165) is 27.1 Å². The summed E-state index contributed by atoms with van der Waals surface area (Å²) in [5.74, 6) is 1.33. The summed E-state index contributed by atoms with van der Waals surface area (Å²) in [5.41, 5.74) is 2.62. The topological polar surface area (TPSA) is 87.5 Å². The zero-order valence-corrected chi connectivity index (χ0v) is 17.7. The highest BCUT2D eigenvalue weighted by atomic mass is 35.5. The summed E-state index contributed by atoms with van der Waals surface area (Å²) in [4.78, 5) is 9.58. The number of anilines is 1. The number of benzene rings is 2. The van der Waals surface area contributed by atoms with Crippen molar-refractivity contribution < 1.29 is 14.9 Å². The van der Waals surface area contributed by atoms with Gasteiger partial charge in [-0.2, -0.15) is 0 Å². The first-order valence-electron chi connectivity index (χ1n) is 9.28. The third-order valence-electron chi connectivity index (χ3n) is 4.88. The molecule has 30 heavy (non-hydrogen) atoms. The average molecular weight is 442 g/mol. The molecule has 0 amide bonds. The normalized spacial score (nSPS) is 13.2. The minimum Gasteiger partial charge on any atom is -0.497 e. The number of fused-ring (bicyclic) bond motifs is 1. The van der Waals surface area contributed by atoms with Crippen LogP contribution in [-0.2, 0) is 0 Å². The second-order valence-electron chi connectivity index (χ2n) is 6.71. The van der Waals surface area contributed by atoms with Gasteiger partial charge in [0.1, 0.15) is 28.8 Å². The molecule has 0 aliphatic rings. The van der Waals surface area contributed by atoms with Gasteiger partial charge in [0.15, 0.2) is 0 Å². The molecule has 2 heterocycles. The molecule has 0 spiro atoms. The Morgan fingerprint density at radius 1 is 1.10 bits per heavy atom. The molecule has 8 heteroatoms. The molecule has 0 radical (unpaired) electrons. The van der Waals surface area contributed by atoms with Crippen molar-refractivity contribution in [1.82, 2.24) is 9.97 Å². The predicted molar refractivity (Wildman–Crippen MR) is 120 cm³/mol. The van der Waals surface area contributed by atoms with Crippen LogP contribution in [0.3, 0.4) is 0 Å². The van der Waals surface area contributed by atoms with Crippen molar-refractivity contribution in [2.24, 2.45) is 0 Å². The average Bonchev–Trinajstić information content (AvgIpc) is 3.22. The van der Waals surface area contributed by atoms with Gasteiger partial charge in [0, 0.05) is 16.0 Å². The number of aliphatic hydroxyl groups excluding tert-OH is 2. The summed E-state index contributed by atoms with van der Waals surface area (Å²) >= 11 is 7.45. The van der Waals surface area contributed by atoms with Gasteiger partial charge in [0.25, 0.3) is 0 Å². The van der Waals surface area contributed by atoms with Crippen LogP contribution in [0.15, 0.2) is 60.2 Å². The SMILES string of the molecule is COc1ccc(-c2csc3ncnc(NC(CO)C(O)c4ccc(Cl)cc4)c23)cc1. The largest absolute Gasteiger partial charge is 0.497 e. The third kappa shape index (κ3) is 4.11. The van der Waals surface area contributed by atoms with Gasteiger partial charge in [-0.25, -0.2) is 9.97 Å². The minimum atomic E-state index is -0.944. The van der Waals surface area contributed by atoms with Crippen molar-refractivity contribution in [3.05, 3.63) is 70.8 Å². The number of methoxy groups -OCH3 is 1. The van der Waals surface area contributed by atoms with Crippen LogP contribution in [0.5, 0.6) is 5.75 Å². The Morgan fingerprint density at radius 2 is 1.83 bits per heavy atom. The standard InChI is InChI=1S/C22H20ClN3O3S/c1-29-16-8-4-13(5-9-16)17-11-30-22-19(17)21(24-12-25-22)26-18(10-27)20(28)14-2-6-15(23)7-3-14/h2-9,11-12,18,20,27-28H,10H2,1H3,(H,24,25,26). The van der Waals surface area contributed by atoms with Crippen molar-refractivity contribution in [3.63, 3.8) is 0 Å². The maximum atomic E-state index is 10.8. The Balaban J connectivity index is 1.69. The Kier molecular flexibility index (Phi) is 6.15. The fourth-order valence-corrected chi connectivity index (χ4v) is 4.30. The van der Waals surface area contributed by atoms with Gasteiger partial charge in [0.2, 0.25) is 0 Å². The Bertz CT molecular complexity index is 1130. The number of hydrogen-bond acceptors (Lipinski definition) is 7. The maximum absolute atomic E-state index is 10.8. The Morgan fingerprint density at radius 3 is 2.50 bits per heavy atom. The molecule has 3 N–H and O–H groups in total. The number of hydrogen-bond donors (Lipinski definition) is 3. The number of ether oxygens (including phenoxy) is 1. The van der Waals surface area contributed by atoms with E-state index in [1.165, 1.54) is 17.7 Å². The molecule has 0 fully saturated rings. The van der Waals surface area contributed by atoms with Gasteiger partial charge >= 0.3 is 0 Å². The van der Waals surface area contributed by atoms with Gasteiger partial charge in [-0.05, 0) is 35.4 Å². The summed E-state index contributed by atoms with van der Waals surface area (Å²) in [7, 11) is 1.63. The number of nitrogens with one attached hydrogen (secondary N) is 1. The second kappa shape index (κ2) is 8.97. The van der Waals surface area contributed by atoms with E-state index >= 15 is 0 Å². The van der Waals surface area contributed by atoms with E-state index in [4.69, 9.17) is 16.3 Å². The monoisotopic (exact) mass is 441 g/mol. The fourth-order valence-electron chi connectivity index (χ4n) is 3.26. The highest BCUT2D eigenvalue weighted by Crippen LogP contribution is 2.37. The zero-order chi connectivity index (χ0) is 21.1. The second-order valence-corrected chi connectivity index (χ2v) is 8.00. The quantitative estimate of drug-likeness (QED) is 0.390. The molecule has 154 valence electrons. The van der Waals surface area contributed by atoms with Gasteiger partial charge in [0.05, 0.1) is 25.1 Å². The molecule has 0 bridgehead atoms. The van der Waals surface area contributed by atoms with Crippen LogP contribution in [0.4, 0.5) is 5.82 Å². The lowest BCUT2D eigenvalue weighted by Crippen LogP contribution is -2.31. The van der Waals surface area contributed by atoms with E-state index in [2.05, 4.69) is 15.3 Å². The predicted octanol–water partition coefficient (Wildman–Crippen LogP) is 4.53. The molecule has 2 atom stereocenters. The van der Waals surface area contributed by atoms with Gasteiger partial charge in [-0.3, -0.25) is 0 Å². The first-order chi connectivity index (χ1) is 14.6. The molecule has 4 aromatic rings. The first kappa shape index (κ1) is 20.6. The highest BCUT2D eigenvalue weighted by Gasteiger charge is 2.23. The highest BCUT2D eigenvalue weighted by molar-refractivity contribution is 7.17. The van der Waals surface area contributed by atoms with E-state index in [1.807, 2.05) is 29.6 Å². The van der Waals surface area contributed by atoms with Crippen LogP contribution in [0.1, 0.15) is 11.7 Å². The van der Waals surface area contributed by atoms with Crippen LogP contribution >= 0.6 is 22.9 Å². The molecular weight excluding hydrogens is 422 g/mol. The number of aliphatic hydroxyl groups is 2. The lowest BCUT2D eigenvalue weighted by molar-refractivity contribution is 0.118. The van der Waals surface area contributed by atoms with Crippen molar-refractivity contribution in [2.45, 2.75) is 12.1 Å².